The van der Waals surface area contributed by atoms with Gasteiger partial charge in [-0.05, 0) is 31.5 Å². The van der Waals surface area contributed by atoms with Crippen LogP contribution in [0.25, 0.3) is 0 Å². The number of rotatable bonds is 1. The van der Waals surface area contributed by atoms with Crippen molar-refractivity contribution in [3.63, 3.8) is 0 Å². The molecule has 1 amide bonds. The van der Waals surface area contributed by atoms with E-state index in [1.807, 2.05) is 13.8 Å². The fraction of sp³-hybridized carbons (Fsp3) is 0.214. The summed E-state index contributed by atoms with van der Waals surface area (Å²) in [4.78, 5) is 13.4. The Labute approximate surface area is 139 Å². The van der Waals surface area contributed by atoms with Gasteiger partial charge in [-0.15, -0.1) is 11.3 Å². The number of aryl methyl sites for hydroxylation is 1. The number of benzene rings is 1. The molecule has 1 aliphatic heterocycles. The number of anilines is 1. The van der Waals surface area contributed by atoms with E-state index in [9.17, 15) is 9.90 Å². The van der Waals surface area contributed by atoms with E-state index in [-0.39, 0.29) is 16.7 Å². The van der Waals surface area contributed by atoms with Crippen LogP contribution < -0.4 is 10.6 Å². The third-order valence-corrected chi connectivity index (χ3v) is 5.42. The Morgan fingerprint density at radius 1 is 1.33 bits per heavy atom. The summed E-state index contributed by atoms with van der Waals surface area (Å²) in [5.74, 6) is -0.183. The number of hydrogen-bond acceptors (Lipinski definition) is 4. The van der Waals surface area contributed by atoms with E-state index in [1.54, 1.807) is 12.1 Å². The molecule has 0 aliphatic carbocycles. The molecule has 0 saturated heterocycles. The lowest BCUT2D eigenvalue weighted by Gasteiger charge is -2.27. The second-order valence-corrected chi connectivity index (χ2v) is 7.41. The second kappa shape index (κ2) is 5.19. The summed E-state index contributed by atoms with van der Waals surface area (Å²) in [6, 6.07) is 3.34. The fourth-order valence-corrected chi connectivity index (χ4v) is 4.25. The fourth-order valence-electron chi connectivity index (χ4n) is 2.33. The standard InChI is InChI=1S/C14H12BrClN2O2S/c1-5-6(2)21-14-10(5)13(20)17-12(18-14)8-3-7(15)4-9(16)11(8)19/h3-4,12,18-19H,1-2H3,(H,17,20)/t12-/m0/s1. The number of amides is 1. The van der Waals surface area contributed by atoms with Gasteiger partial charge in [0.2, 0.25) is 0 Å². The molecule has 0 radical (unpaired) electrons. The van der Waals surface area contributed by atoms with Gasteiger partial charge in [0.1, 0.15) is 16.9 Å². The predicted octanol–water partition coefficient (Wildman–Crippen LogP) is 4.34. The third kappa shape index (κ3) is 2.41. The molecule has 2 aromatic rings. The normalized spacial score (nSPS) is 17.1. The van der Waals surface area contributed by atoms with E-state index in [1.165, 1.54) is 11.3 Å². The lowest BCUT2D eigenvalue weighted by molar-refractivity contribution is 0.0935. The number of carbonyl (C=O) groups excluding carboxylic acids is 1. The minimum atomic E-state index is -0.516. The molecule has 0 saturated carbocycles. The Morgan fingerprint density at radius 2 is 2.05 bits per heavy atom. The first-order valence-corrected chi connectivity index (χ1v) is 8.22. The molecule has 1 atom stereocenters. The van der Waals surface area contributed by atoms with Gasteiger partial charge in [0.25, 0.3) is 5.91 Å². The van der Waals surface area contributed by atoms with Crippen LogP contribution in [0.3, 0.4) is 0 Å². The molecule has 0 unspecified atom stereocenters. The van der Waals surface area contributed by atoms with Crippen LogP contribution in [0.15, 0.2) is 16.6 Å². The van der Waals surface area contributed by atoms with Crippen molar-refractivity contribution in [3.05, 3.63) is 43.2 Å². The van der Waals surface area contributed by atoms with Crippen LogP contribution in [0.2, 0.25) is 5.02 Å². The first kappa shape index (κ1) is 14.7. The van der Waals surface area contributed by atoms with Crippen molar-refractivity contribution < 1.29 is 9.90 Å². The maximum Gasteiger partial charge on any atom is 0.256 e. The number of phenols is 1. The van der Waals surface area contributed by atoms with Gasteiger partial charge < -0.3 is 15.7 Å². The lowest BCUT2D eigenvalue weighted by Crippen LogP contribution is -2.38. The van der Waals surface area contributed by atoms with Crippen molar-refractivity contribution in [1.29, 1.82) is 0 Å². The number of aromatic hydroxyl groups is 1. The van der Waals surface area contributed by atoms with Crippen LogP contribution in [0.4, 0.5) is 5.00 Å². The molecule has 1 aliphatic rings. The summed E-state index contributed by atoms with van der Waals surface area (Å²) in [6.45, 7) is 3.91. The Hall–Kier alpha value is -1.24. The molecule has 110 valence electrons. The van der Waals surface area contributed by atoms with E-state index in [2.05, 4.69) is 26.6 Å². The maximum atomic E-state index is 12.3. The minimum Gasteiger partial charge on any atom is -0.506 e. The van der Waals surface area contributed by atoms with Gasteiger partial charge in [-0.3, -0.25) is 4.79 Å². The van der Waals surface area contributed by atoms with E-state index in [4.69, 9.17) is 11.6 Å². The SMILES string of the molecule is Cc1sc2c(c1C)C(=O)N[C@H](c1cc(Br)cc(Cl)c1O)N2. The van der Waals surface area contributed by atoms with Crippen LogP contribution in [0.1, 0.15) is 32.5 Å². The van der Waals surface area contributed by atoms with Gasteiger partial charge >= 0.3 is 0 Å². The summed E-state index contributed by atoms with van der Waals surface area (Å²) < 4.78 is 0.737. The van der Waals surface area contributed by atoms with Crippen LogP contribution in [-0.2, 0) is 0 Å². The largest absolute Gasteiger partial charge is 0.506 e. The van der Waals surface area contributed by atoms with Gasteiger partial charge in [-0.2, -0.15) is 0 Å². The number of carbonyl (C=O) groups is 1. The predicted molar refractivity (Wildman–Crippen MR) is 88.4 cm³/mol. The van der Waals surface area contributed by atoms with Crippen molar-refractivity contribution in [2.24, 2.45) is 0 Å². The molecular formula is C14H12BrClN2O2S. The maximum absolute atomic E-state index is 12.3. The van der Waals surface area contributed by atoms with Crippen molar-refractivity contribution >= 4 is 49.8 Å². The Morgan fingerprint density at radius 3 is 2.76 bits per heavy atom. The van der Waals surface area contributed by atoms with Crippen LogP contribution in [-0.4, -0.2) is 11.0 Å². The molecule has 0 fully saturated rings. The van der Waals surface area contributed by atoms with Crippen molar-refractivity contribution in [2.75, 3.05) is 5.32 Å². The molecule has 1 aromatic carbocycles. The van der Waals surface area contributed by atoms with Crippen molar-refractivity contribution in [2.45, 2.75) is 20.0 Å². The van der Waals surface area contributed by atoms with Crippen LogP contribution >= 0.6 is 38.9 Å². The number of fused-ring (bicyclic) bond motifs is 1. The van der Waals surface area contributed by atoms with Crippen LogP contribution in [0.5, 0.6) is 5.75 Å². The molecule has 4 nitrogen and oxygen atoms in total. The zero-order chi connectivity index (χ0) is 15.3. The van der Waals surface area contributed by atoms with Gasteiger partial charge in [0, 0.05) is 14.9 Å². The number of phenolic OH excluding ortho intramolecular Hbond substituents is 1. The van der Waals surface area contributed by atoms with E-state index >= 15 is 0 Å². The van der Waals surface area contributed by atoms with Gasteiger partial charge in [-0.1, -0.05) is 27.5 Å². The van der Waals surface area contributed by atoms with Crippen molar-refractivity contribution in [1.82, 2.24) is 5.32 Å². The molecule has 0 spiro atoms. The highest BCUT2D eigenvalue weighted by Gasteiger charge is 2.30. The second-order valence-electron chi connectivity index (χ2n) is 4.86. The molecule has 7 heteroatoms. The molecule has 3 rings (SSSR count). The minimum absolute atomic E-state index is 0.0360. The number of halogens is 2. The Balaban J connectivity index is 2.06. The summed E-state index contributed by atoms with van der Waals surface area (Å²) in [5.41, 5.74) is 2.18. The topological polar surface area (TPSA) is 61.4 Å². The van der Waals surface area contributed by atoms with E-state index in [0.717, 1.165) is 19.9 Å². The lowest BCUT2D eigenvalue weighted by atomic mass is 10.1. The summed E-state index contributed by atoms with van der Waals surface area (Å²) in [5, 5.41) is 17.3. The van der Waals surface area contributed by atoms with Gasteiger partial charge in [-0.25, -0.2) is 0 Å². The Kier molecular flexibility index (Phi) is 3.63. The first-order valence-electron chi connectivity index (χ1n) is 6.23. The van der Waals surface area contributed by atoms with E-state index in [0.29, 0.717) is 11.1 Å². The zero-order valence-corrected chi connectivity index (χ0v) is 14.4. The molecule has 1 aromatic heterocycles. The quantitative estimate of drug-likeness (QED) is 0.682. The number of nitrogens with one attached hydrogen (secondary N) is 2. The van der Waals surface area contributed by atoms with Crippen molar-refractivity contribution in [3.8, 4) is 5.75 Å². The number of thiophene rings is 1. The highest BCUT2D eigenvalue weighted by molar-refractivity contribution is 9.10. The summed E-state index contributed by atoms with van der Waals surface area (Å²) in [6.07, 6.45) is -0.516. The van der Waals surface area contributed by atoms with Crippen LogP contribution in [0, 0.1) is 13.8 Å². The van der Waals surface area contributed by atoms with Gasteiger partial charge in [0.05, 0.1) is 10.6 Å². The zero-order valence-electron chi connectivity index (χ0n) is 11.3. The molecule has 21 heavy (non-hydrogen) atoms. The third-order valence-electron chi connectivity index (χ3n) is 3.53. The molecule has 0 bridgehead atoms. The average molecular weight is 388 g/mol. The monoisotopic (exact) mass is 386 g/mol. The molecule has 3 N–H and O–H groups in total. The van der Waals surface area contributed by atoms with Gasteiger partial charge in [0.15, 0.2) is 0 Å². The van der Waals surface area contributed by atoms with E-state index < -0.39 is 6.17 Å². The highest BCUT2D eigenvalue weighted by atomic mass is 79.9. The smallest absolute Gasteiger partial charge is 0.256 e. The highest BCUT2D eigenvalue weighted by Crippen LogP contribution is 2.41. The first-order chi connectivity index (χ1) is 9.88. The summed E-state index contributed by atoms with van der Waals surface area (Å²) in [7, 11) is 0. The Bertz CT molecular complexity index is 760. The number of hydrogen-bond donors (Lipinski definition) is 3. The molecule has 2 heterocycles. The molecular weight excluding hydrogens is 376 g/mol. The summed E-state index contributed by atoms with van der Waals surface area (Å²) >= 11 is 10.9. The average Bonchev–Trinajstić information content (AvgIpc) is 2.69.